The number of hydrogen-bond donors (Lipinski definition) is 2. The standard InChI is InChI=1S/C18H16FN7O/c19-14-5-3-13(4-6-14)15-8-16(25-24-15)17(27)20-7-1-2-12-9-21-18-22-11-23-26(18)10-12/h3-6,8-11H,1-2,7H2,(H,20,27)(H,24,25). The number of amides is 1. The molecule has 27 heavy (non-hydrogen) atoms. The minimum Gasteiger partial charge on any atom is -0.351 e. The van der Waals surface area contributed by atoms with Crippen molar-refractivity contribution in [2.24, 2.45) is 0 Å². The van der Waals surface area contributed by atoms with Crippen LogP contribution < -0.4 is 5.32 Å². The van der Waals surface area contributed by atoms with Crippen LogP contribution in [0.2, 0.25) is 0 Å². The quantitative estimate of drug-likeness (QED) is 0.509. The largest absolute Gasteiger partial charge is 0.351 e. The van der Waals surface area contributed by atoms with Crippen LogP contribution in [0.25, 0.3) is 17.0 Å². The van der Waals surface area contributed by atoms with Gasteiger partial charge in [0.1, 0.15) is 17.8 Å². The predicted molar refractivity (Wildman–Crippen MR) is 95.4 cm³/mol. The number of benzene rings is 1. The number of aromatic nitrogens is 6. The molecule has 9 heteroatoms. The van der Waals surface area contributed by atoms with Gasteiger partial charge in [-0.15, -0.1) is 0 Å². The fraction of sp³-hybridized carbons (Fsp3) is 0.167. The van der Waals surface area contributed by atoms with Crippen molar-refractivity contribution in [1.82, 2.24) is 35.1 Å². The van der Waals surface area contributed by atoms with Crippen LogP contribution in [-0.4, -0.2) is 42.2 Å². The molecule has 1 amide bonds. The summed E-state index contributed by atoms with van der Waals surface area (Å²) in [6.45, 7) is 0.513. The van der Waals surface area contributed by atoms with Crippen LogP contribution in [0.5, 0.6) is 0 Å². The zero-order chi connectivity index (χ0) is 18.6. The van der Waals surface area contributed by atoms with Crippen LogP contribution in [0, 0.1) is 5.82 Å². The van der Waals surface area contributed by atoms with E-state index in [2.05, 4.69) is 30.6 Å². The van der Waals surface area contributed by atoms with E-state index in [0.717, 1.165) is 24.0 Å². The molecular weight excluding hydrogens is 349 g/mol. The Morgan fingerprint density at radius 3 is 2.93 bits per heavy atom. The Bertz CT molecular complexity index is 1070. The van der Waals surface area contributed by atoms with Crippen molar-refractivity contribution in [3.8, 4) is 11.3 Å². The van der Waals surface area contributed by atoms with E-state index in [1.54, 1.807) is 28.9 Å². The SMILES string of the molecule is O=C(NCCCc1cnc2ncnn2c1)c1cc(-c2ccc(F)cc2)n[nH]1. The molecule has 136 valence electrons. The van der Waals surface area contributed by atoms with Crippen molar-refractivity contribution in [1.29, 1.82) is 0 Å². The van der Waals surface area contributed by atoms with Gasteiger partial charge in [-0.1, -0.05) is 0 Å². The maximum atomic E-state index is 13.0. The first kappa shape index (κ1) is 16.8. The van der Waals surface area contributed by atoms with Gasteiger partial charge in [-0.05, 0) is 48.7 Å². The molecule has 0 saturated carbocycles. The Kier molecular flexibility index (Phi) is 4.56. The van der Waals surface area contributed by atoms with Gasteiger partial charge < -0.3 is 5.32 Å². The molecule has 0 atom stereocenters. The molecule has 0 unspecified atom stereocenters. The number of halogens is 1. The highest BCUT2D eigenvalue weighted by atomic mass is 19.1. The maximum Gasteiger partial charge on any atom is 0.269 e. The van der Waals surface area contributed by atoms with Crippen molar-refractivity contribution in [3.05, 3.63) is 66.1 Å². The maximum absolute atomic E-state index is 13.0. The Labute approximate surface area is 153 Å². The molecule has 0 aliphatic heterocycles. The Balaban J connectivity index is 1.29. The summed E-state index contributed by atoms with van der Waals surface area (Å²) in [5.41, 5.74) is 2.71. The number of rotatable bonds is 6. The number of hydrogen-bond acceptors (Lipinski definition) is 5. The van der Waals surface area contributed by atoms with Crippen LogP contribution in [0.15, 0.2) is 49.1 Å². The summed E-state index contributed by atoms with van der Waals surface area (Å²) in [7, 11) is 0. The third kappa shape index (κ3) is 3.81. The molecule has 0 fully saturated rings. The van der Waals surface area contributed by atoms with Crippen molar-refractivity contribution < 1.29 is 9.18 Å². The summed E-state index contributed by atoms with van der Waals surface area (Å²) >= 11 is 0. The number of aryl methyl sites for hydroxylation is 1. The lowest BCUT2D eigenvalue weighted by Gasteiger charge is -2.04. The van der Waals surface area contributed by atoms with Gasteiger partial charge in [0.2, 0.25) is 0 Å². The van der Waals surface area contributed by atoms with Crippen molar-refractivity contribution in [2.45, 2.75) is 12.8 Å². The molecule has 0 radical (unpaired) electrons. The van der Waals surface area contributed by atoms with Gasteiger partial charge in [0.05, 0.1) is 5.69 Å². The Morgan fingerprint density at radius 2 is 2.07 bits per heavy atom. The number of nitrogens with zero attached hydrogens (tertiary/aromatic N) is 5. The van der Waals surface area contributed by atoms with Crippen LogP contribution in [0.1, 0.15) is 22.5 Å². The van der Waals surface area contributed by atoms with E-state index in [4.69, 9.17) is 0 Å². The van der Waals surface area contributed by atoms with Crippen molar-refractivity contribution >= 4 is 11.7 Å². The summed E-state index contributed by atoms with van der Waals surface area (Å²) in [6.07, 6.45) is 6.60. The minimum atomic E-state index is -0.314. The summed E-state index contributed by atoms with van der Waals surface area (Å²) in [5.74, 6) is 0.00870. The topological polar surface area (TPSA) is 101 Å². The highest BCUT2D eigenvalue weighted by Gasteiger charge is 2.10. The fourth-order valence-electron chi connectivity index (χ4n) is 2.68. The molecule has 0 spiro atoms. The number of carbonyl (C=O) groups excluding carboxylic acids is 1. The van der Waals surface area contributed by atoms with E-state index >= 15 is 0 Å². The van der Waals surface area contributed by atoms with Crippen molar-refractivity contribution in [2.75, 3.05) is 6.54 Å². The predicted octanol–water partition coefficient (Wildman–Crippen LogP) is 2.02. The van der Waals surface area contributed by atoms with E-state index < -0.39 is 0 Å². The summed E-state index contributed by atoms with van der Waals surface area (Å²) in [4.78, 5) is 20.4. The molecule has 0 aliphatic rings. The van der Waals surface area contributed by atoms with Gasteiger partial charge >= 0.3 is 0 Å². The van der Waals surface area contributed by atoms with Gasteiger partial charge in [0.25, 0.3) is 11.7 Å². The highest BCUT2D eigenvalue weighted by Crippen LogP contribution is 2.17. The summed E-state index contributed by atoms with van der Waals surface area (Å²) < 4.78 is 14.6. The molecule has 8 nitrogen and oxygen atoms in total. The second kappa shape index (κ2) is 7.32. The Morgan fingerprint density at radius 1 is 1.22 bits per heavy atom. The normalized spacial score (nSPS) is 11.0. The second-order valence-corrected chi connectivity index (χ2v) is 6.00. The van der Waals surface area contributed by atoms with Gasteiger partial charge in [-0.3, -0.25) is 9.89 Å². The number of aromatic amines is 1. The molecule has 4 aromatic rings. The molecule has 0 aliphatic carbocycles. The third-order valence-electron chi connectivity index (χ3n) is 4.08. The second-order valence-electron chi connectivity index (χ2n) is 6.00. The first-order valence-electron chi connectivity index (χ1n) is 8.43. The lowest BCUT2D eigenvalue weighted by atomic mass is 10.1. The monoisotopic (exact) mass is 365 g/mol. The first-order chi connectivity index (χ1) is 13.2. The van der Waals surface area contributed by atoms with E-state index in [0.29, 0.717) is 23.7 Å². The first-order valence-corrected chi connectivity index (χ1v) is 8.43. The lowest BCUT2D eigenvalue weighted by molar-refractivity contribution is 0.0948. The molecule has 0 saturated heterocycles. The highest BCUT2D eigenvalue weighted by molar-refractivity contribution is 5.93. The third-order valence-corrected chi connectivity index (χ3v) is 4.08. The van der Waals surface area contributed by atoms with Gasteiger partial charge in [-0.25, -0.2) is 13.9 Å². The number of carbonyl (C=O) groups is 1. The number of nitrogens with one attached hydrogen (secondary N) is 2. The fourth-order valence-corrected chi connectivity index (χ4v) is 2.68. The molecule has 2 N–H and O–H groups in total. The van der Waals surface area contributed by atoms with E-state index in [1.807, 2.05) is 6.20 Å². The average Bonchev–Trinajstić information content (AvgIpc) is 3.35. The zero-order valence-corrected chi connectivity index (χ0v) is 14.3. The van der Waals surface area contributed by atoms with Crippen LogP contribution >= 0.6 is 0 Å². The van der Waals surface area contributed by atoms with E-state index in [1.165, 1.54) is 18.5 Å². The smallest absolute Gasteiger partial charge is 0.269 e. The number of fused-ring (bicyclic) bond motifs is 1. The van der Waals surface area contributed by atoms with Crippen molar-refractivity contribution in [3.63, 3.8) is 0 Å². The summed E-state index contributed by atoms with van der Waals surface area (Å²) in [5, 5.41) is 13.7. The van der Waals surface area contributed by atoms with Gasteiger partial charge in [0, 0.05) is 24.5 Å². The molecule has 0 bridgehead atoms. The minimum absolute atomic E-state index is 0.235. The van der Waals surface area contributed by atoms with E-state index in [9.17, 15) is 9.18 Å². The van der Waals surface area contributed by atoms with Crippen LogP contribution in [0.3, 0.4) is 0 Å². The lowest BCUT2D eigenvalue weighted by Crippen LogP contribution is -2.25. The van der Waals surface area contributed by atoms with Gasteiger partial charge in [-0.2, -0.15) is 15.2 Å². The van der Waals surface area contributed by atoms with Gasteiger partial charge in [0.15, 0.2) is 0 Å². The molecule has 3 heterocycles. The average molecular weight is 365 g/mol. The molecule has 4 rings (SSSR count). The molecular formula is C18H16FN7O. The number of H-pyrrole nitrogens is 1. The van der Waals surface area contributed by atoms with Crippen LogP contribution in [0.4, 0.5) is 4.39 Å². The zero-order valence-electron chi connectivity index (χ0n) is 14.3. The van der Waals surface area contributed by atoms with Crippen LogP contribution in [-0.2, 0) is 6.42 Å². The Hall–Kier alpha value is -3.62. The molecule has 3 aromatic heterocycles. The molecule has 1 aromatic carbocycles. The summed E-state index contributed by atoms with van der Waals surface area (Å²) in [6, 6.07) is 7.59. The van der Waals surface area contributed by atoms with E-state index in [-0.39, 0.29) is 11.7 Å².